The van der Waals surface area contributed by atoms with Gasteiger partial charge in [0, 0.05) is 5.56 Å². The first-order valence-corrected chi connectivity index (χ1v) is 8.25. The Morgan fingerprint density at radius 3 is 2.45 bits per heavy atom. The number of Topliss-reactive ketones (excluding diaryl/α,β-unsaturated/α-hetero) is 1. The predicted molar refractivity (Wildman–Crippen MR) is 83.2 cm³/mol. The molecule has 1 rings (SSSR count). The summed E-state index contributed by atoms with van der Waals surface area (Å²) in [6.45, 7) is 2.49. The van der Waals surface area contributed by atoms with Gasteiger partial charge in [0.05, 0.1) is 6.61 Å². The van der Waals surface area contributed by atoms with E-state index < -0.39 is 11.8 Å². The molecule has 0 bridgehead atoms. The third kappa shape index (κ3) is 6.75. The highest BCUT2D eigenvalue weighted by atomic mass is 32.2. The first-order valence-electron chi connectivity index (χ1n) is 7.10. The average molecular weight is 294 g/mol. The molecule has 20 heavy (non-hydrogen) atoms. The molecule has 110 valence electrons. The average Bonchev–Trinajstić information content (AvgIpc) is 2.50. The van der Waals surface area contributed by atoms with Crippen LogP contribution >= 0.6 is 11.8 Å². The molecule has 0 heterocycles. The number of rotatable bonds is 10. The maximum atomic E-state index is 11.7. The minimum atomic E-state index is -0.752. The van der Waals surface area contributed by atoms with E-state index in [4.69, 9.17) is 4.74 Å². The van der Waals surface area contributed by atoms with E-state index in [9.17, 15) is 9.59 Å². The van der Waals surface area contributed by atoms with E-state index in [1.165, 1.54) is 17.9 Å². The van der Waals surface area contributed by atoms with Gasteiger partial charge in [0.1, 0.15) is 0 Å². The zero-order valence-electron chi connectivity index (χ0n) is 12.0. The van der Waals surface area contributed by atoms with Crippen LogP contribution in [0, 0.1) is 0 Å². The fourth-order valence-electron chi connectivity index (χ4n) is 1.74. The van der Waals surface area contributed by atoms with Crippen LogP contribution in [0.5, 0.6) is 0 Å². The van der Waals surface area contributed by atoms with Crippen molar-refractivity contribution in [3.8, 4) is 0 Å². The molecule has 0 unspecified atom stereocenters. The van der Waals surface area contributed by atoms with Crippen LogP contribution in [-0.4, -0.2) is 29.9 Å². The van der Waals surface area contributed by atoms with Gasteiger partial charge in [0.15, 0.2) is 0 Å². The molecule has 3 nitrogen and oxygen atoms in total. The zero-order valence-corrected chi connectivity index (χ0v) is 12.8. The third-order valence-corrected chi connectivity index (χ3v) is 3.83. The van der Waals surface area contributed by atoms with E-state index in [0.29, 0.717) is 12.2 Å². The van der Waals surface area contributed by atoms with Crippen molar-refractivity contribution in [2.45, 2.75) is 32.6 Å². The number of hydrogen-bond donors (Lipinski definition) is 0. The summed E-state index contributed by atoms with van der Waals surface area (Å²) in [5.41, 5.74) is 0.383. The summed E-state index contributed by atoms with van der Waals surface area (Å²) in [4.78, 5) is 23.2. The summed E-state index contributed by atoms with van der Waals surface area (Å²) in [7, 11) is 0. The number of benzene rings is 1. The van der Waals surface area contributed by atoms with Crippen molar-refractivity contribution >= 4 is 23.5 Å². The number of carbonyl (C=O) groups excluding carboxylic acids is 2. The molecule has 0 saturated carbocycles. The van der Waals surface area contributed by atoms with Gasteiger partial charge in [-0.3, -0.25) is 4.79 Å². The van der Waals surface area contributed by atoms with Crippen LogP contribution in [0.15, 0.2) is 30.3 Å². The maximum Gasteiger partial charge on any atom is 0.379 e. The summed E-state index contributed by atoms with van der Waals surface area (Å²) in [5.74, 6) is 1.05. The smallest absolute Gasteiger partial charge is 0.379 e. The Bertz CT molecular complexity index is 403. The minimum absolute atomic E-state index is 0.332. The molecule has 4 heteroatoms. The Hall–Kier alpha value is -1.29. The summed E-state index contributed by atoms with van der Waals surface area (Å²) in [6, 6.07) is 8.51. The van der Waals surface area contributed by atoms with Crippen LogP contribution in [-0.2, 0) is 9.53 Å². The van der Waals surface area contributed by atoms with Crippen molar-refractivity contribution in [3.05, 3.63) is 35.9 Å². The quantitative estimate of drug-likeness (QED) is 0.285. The lowest BCUT2D eigenvalue weighted by atomic mass is 10.1. The maximum absolute atomic E-state index is 11.7. The van der Waals surface area contributed by atoms with E-state index >= 15 is 0 Å². The van der Waals surface area contributed by atoms with Gasteiger partial charge in [-0.25, -0.2) is 4.79 Å². The molecule has 0 N–H and O–H groups in total. The van der Waals surface area contributed by atoms with Crippen LogP contribution < -0.4 is 0 Å². The normalized spacial score (nSPS) is 10.2. The summed E-state index contributed by atoms with van der Waals surface area (Å²) in [6.07, 6.45) is 4.22. The number of ether oxygens (including phenoxy) is 1. The molecule has 0 aliphatic heterocycles. The Kier molecular flexibility index (Phi) is 8.79. The van der Waals surface area contributed by atoms with Crippen LogP contribution in [0.1, 0.15) is 43.0 Å². The second kappa shape index (κ2) is 10.5. The number of hydrogen-bond acceptors (Lipinski definition) is 4. The first-order chi connectivity index (χ1) is 9.75. The molecule has 0 amide bonds. The molecule has 0 aliphatic rings. The van der Waals surface area contributed by atoms with E-state index in [1.807, 2.05) is 11.8 Å². The number of carbonyl (C=O) groups is 2. The lowest BCUT2D eigenvalue weighted by Gasteiger charge is -2.04. The van der Waals surface area contributed by atoms with Gasteiger partial charge in [-0.15, -0.1) is 0 Å². The molecule has 1 aromatic rings. The van der Waals surface area contributed by atoms with Gasteiger partial charge < -0.3 is 4.74 Å². The molecule has 0 aliphatic carbocycles. The van der Waals surface area contributed by atoms with Crippen molar-refractivity contribution in [2.24, 2.45) is 0 Å². The molecule has 0 fully saturated rings. The largest absolute Gasteiger partial charge is 0.460 e. The van der Waals surface area contributed by atoms with Crippen molar-refractivity contribution < 1.29 is 14.3 Å². The van der Waals surface area contributed by atoms with Gasteiger partial charge in [-0.2, -0.15) is 11.8 Å². The number of ketones is 1. The van der Waals surface area contributed by atoms with Gasteiger partial charge >= 0.3 is 5.97 Å². The van der Waals surface area contributed by atoms with E-state index in [-0.39, 0.29) is 0 Å². The molecule has 0 atom stereocenters. The fraction of sp³-hybridized carbons (Fsp3) is 0.500. The van der Waals surface area contributed by atoms with E-state index in [1.54, 1.807) is 30.3 Å². The molecule has 0 saturated heterocycles. The van der Waals surface area contributed by atoms with Crippen LogP contribution in [0.25, 0.3) is 0 Å². The number of esters is 1. The first kappa shape index (κ1) is 16.8. The van der Waals surface area contributed by atoms with Crippen molar-refractivity contribution in [3.63, 3.8) is 0 Å². The standard InChI is InChI=1S/C16H22O3S/c1-2-20-13-9-4-3-8-12-19-16(18)15(17)14-10-6-5-7-11-14/h5-7,10-11H,2-4,8-9,12-13H2,1H3. The zero-order chi connectivity index (χ0) is 14.6. The van der Waals surface area contributed by atoms with Crippen molar-refractivity contribution in [1.82, 2.24) is 0 Å². The summed E-state index contributed by atoms with van der Waals surface area (Å²) < 4.78 is 4.99. The highest BCUT2D eigenvalue weighted by molar-refractivity contribution is 7.99. The lowest BCUT2D eigenvalue weighted by Crippen LogP contribution is -2.18. The van der Waals surface area contributed by atoms with Crippen LogP contribution in [0.2, 0.25) is 0 Å². The van der Waals surface area contributed by atoms with E-state index in [2.05, 4.69) is 6.92 Å². The third-order valence-electron chi connectivity index (χ3n) is 2.84. The second-order valence-corrected chi connectivity index (χ2v) is 5.84. The Morgan fingerprint density at radius 2 is 1.75 bits per heavy atom. The van der Waals surface area contributed by atoms with E-state index in [0.717, 1.165) is 19.3 Å². The van der Waals surface area contributed by atoms with Crippen molar-refractivity contribution in [1.29, 1.82) is 0 Å². The molecular formula is C16H22O3S. The Balaban J connectivity index is 2.10. The highest BCUT2D eigenvalue weighted by Gasteiger charge is 2.16. The van der Waals surface area contributed by atoms with Gasteiger partial charge in [0.2, 0.25) is 0 Å². The Morgan fingerprint density at radius 1 is 1.05 bits per heavy atom. The van der Waals surface area contributed by atoms with Gasteiger partial charge in [-0.05, 0) is 24.3 Å². The fourth-order valence-corrected chi connectivity index (χ4v) is 2.44. The summed E-state index contributed by atoms with van der Waals surface area (Å²) >= 11 is 1.95. The SMILES string of the molecule is CCSCCCCCCOC(=O)C(=O)c1ccccc1. The molecule has 1 aromatic carbocycles. The Labute approximate surface area is 125 Å². The van der Waals surface area contributed by atoms with Crippen LogP contribution in [0.4, 0.5) is 0 Å². The topological polar surface area (TPSA) is 43.4 Å². The van der Waals surface area contributed by atoms with Crippen molar-refractivity contribution in [2.75, 3.05) is 18.1 Å². The second-order valence-electron chi connectivity index (χ2n) is 4.44. The van der Waals surface area contributed by atoms with Crippen LogP contribution in [0.3, 0.4) is 0 Å². The van der Waals surface area contributed by atoms with Gasteiger partial charge in [-0.1, -0.05) is 50.1 Å². The molecule has 0 aromatic heterocycles. The lowest BCUT2D eigenvalue weighted by molar-refractivity contribution is -0.138. The monoisotopic (exact) mass is 294 g/mol. The predicted octanol–water partition coefficient (Wildman–Crippen LogP) is 3.73. The molecule has 0 radical (unpaired) electrons. The highest BCUT2D eigenvalue weighted by Crippen LogP contribution is 2.07. The molecule has 0 spiro atoms. The summed E-state index contributed by atoms with van der Waals surface area (Å²) in [5, 5.41) is 0. The minimum Gasteiger partial charge on any atom is -0.460 e. The van der Waals surface area contributed by atoms with Gasteiger partial charge in [0.25, 0.3) is 5.78 Å². The number of thioether (sulfide) groups is 1. The molecular weight excluding hydrogens is 272 g/mol. The number of unbranched alkanes of at least 4 members (excludes halogenated alkanes) is 3.